The molecule has 0 heterocycles. The Hall–Kier alpha value is -2.29. The van der Waals surface area contributed by atoms with Crippen LogP contribution in [0.1, 0.15) is 37.8 Å². The second kappa shape index (κ2) is 13.4. The molecule has 0 unspecified atom stereocenters. The molecule has 0 aliphatic carbocycles. The van der Waals surface area contributed by atoms with E-state index in [1.54, 1.807) is 37.3 Å². The number of nitro benzene ring substituents is 1. The summed E-state index contributed by atoms with van der Waals surface area (Å²) >= 11 is 13.7. The maximum absolute atomic E-state index is 13.1. The van der Waals surface area contributed by atoms with Gasteiger partial charge in [-0.25, -0.2) is 0 Å². The summed E-state index contributed by atoms with van der Waals surface area (Å²) in [5.41, 5.74) is 1.59. The molecule has 33 heavy (non-hydrogen) atoms. The first-order valence-electron chi connectivity index (χ1n) is 10.5. The molecule has 1 atom stereocenters. The molecule has 2 amide bonds. The number of non-ortho nitro benzene ring substituents is 1. The molecule has 0 bridgehead atoms. The predicted molar refractivity (Wildman–Crippen MR) is 134 cm³/mol. The van der Waals surface area contributed by atoms with Crippen LogP contribution in [0.4, 0.5) is 5.69 Å². The normalized spacial score (nSPS) is 11.6. The van der Waals surface area contributed by atoms with E-state index >= 15 is 0 Å². The topological polar surface area (TPSA) is 92.6 Å². The number of carbonyl (C=O) groups excluding carboxylic acids is 2. The number of rotatable bonds is 12. The molecule has 7 nitrogen and oxygen atoms in total. The fraction of sp³-hybridized carbons (Fsp3) is 0.391. The van der Waals surface area contributed by atoms with Crippen LogP contribution in [0.2, 0.25) is 10.0 Å². The molecule has 0 spiro atoms. The second-order valence-corrected chi connectivity index (χ2v) is 9.32. The quantitative estimate of drug-likeness (QED) is 0.231. The van der Waals surface area contributed by atoms with Crippen LogP contribution < -0.4 is 5.32 Å². The van der Waals surface area contributed by atoms with Crippen molar-refractivity contribution in [1.29, 1.82) is 0 Å². The maximum Gasteiger partial charge on any atom is 0.269 e. The van der Waals surface area contributed by atoms with E-state index in [1.807, 2.05) is 6.92 Å². The summed E-state index contributed by atoms with van der Waals surface area (Å²) in [6.07, 6.45) is 1.82. The van der Waals surface area contributed by atoms with Crippen molar-refractivity contribution in [2.45, 2.75) is 45.0 Å². The highest BCUT2D eigenvalue weighted by Gasteiger charge is 2.26. The fourth-order valence-electron chi connectivity index (χ4n) is 3.01. The van der Waals surface area contributed by atoms with Crippen LogP contribution >= 0.6 is 35.0 Å². The van der Waals surface area contributed by atoms with Crippen molar-refractivity contribution in [2.24, 2.45) is 0 Å². The van der Waals surface area contributed by atoms with Gasteiger partial charge in [0.2, 0.25) is 11.8 Å². The Balaban J connectivity index is 2.07. The van der Waals surface area contributed by atoms with E-state index in [-0.39, 0.29) is 29.8 Å². The van der Waals surface area contributed by atoms with Gasteiger partial charge in [0.1, 0.15) is 6.04 Å². The van der Waals surface area contributed by atoms with Gasteiger partial charge in [-0.3, -0.25) is 19.7 Å². The molecule has 0 saturated carbocycles. The van der Waals surface area contributed by atoms with Gasteiger partial charge in [-0.05, 0) is 36.6 Å². The molecule has 1 N–H and O–H groups in total. The first kappa shape index (κ1) is 27.0. The Morgan fingerprint density at radius 2 is 1.88 bits per heavy atom. The number of unbranched alkanes of at least 4 members (excludes halogenated alkanes) is 1. The lowest BCUT2D eigenvalue weighted by Gasteiger charge is -2.29. The van der Waals surface area contributed by atoms with Crippen molar-refractivity contribution in [3.63, 3.8) is 0 Å². The Labute approximate surface area is 208 Å². The third-order valence-corrected chi connectivity index (χ3v) is 6.57. The van der Waals surface area contributed by atoms with E-state index in [0.717, 1.165) is 18.4 Å². The molecule has 0 saturated heterocycles. The van der Waals surface area contributed by atoms with Gasteiger partial charge < -0.3 is 10.2 Å². The summed E-state index contributed by atoms with van der Waals surface area (Å²) < 4.78 is 0. The van der Waals surface area contributed by atoms with E-state index < -0.39 is 11.0 Å². The van der Waals surface area contributed by atoms with Gasteiger partial charge >= 0.3 is 0 Å². The summed E-state index contributed by atoms with van der Waals surface area (Å²) in [5.74, 6) is 0.235. The van der Waals surface area contributed by atoms with Crippen LogP contribution in [0.5, 0.6) is 0 Å². The number of nitrogens with one attached hydrogen (secondary N) is 1. The molecular formula is C23H27Cl2N3O4S. The lowest BCUT2D eigenvalue weighted by Crippen LogP contribution is -2.48. The van der Waals surface area contributed by atoms with Gasteiger partial charge in [-0.15, -0.1) is 11.8 Å². The van der Waals surface area contributed by atoms with Gasteiger partial charge in [-0.2, -0.15) is 0 Å². The van der Waals surface area contributed by atoms with Gasteiger partial charge in [0, 0.05) is 41.0 Å². The zero-order valence-corrected chi connectivity index (χ0v) is 20.9. The SMILES string of the molecule is CCCCNC(=O)[C@H](C)N(Cc1ccc(Cl)cc1Cl)C(=O)CSCc1ccc([N+](=O)[O-])cc1. The number of nitrogens with zero attached hydrogens (tertiary/aromatic N) is 2. The first-order valence-corrected chi connectivity index (χ1v) is 12.5. The van der Waals surface area contributed by atoms with Gasteiger partial charge in [0.05, 0.1) is 10.7 Å². The highest BCUT2D eigenvalue weighted by molar-refractivity contribution is 7.99. The van der Waals surface area contributed by atoms with Gasteiger partial charge in [-0.1, -0.05) is 54.7 Å². The molecule has 0 fully saturated rings. The lowest BCUT2D eigenvalue weighted by atomic mass is 10.1. The third-order valence-electron chi connectivity index (χ3n) is 4.99. The third kappa shape index (κ3) is 8.53. The molecule has 0 aliphatic heterocycles. The molecule has 0 aliphatic rings. The smallest absolute Gasteiger partial charge is 0.269 e. The monoisotopic (exact) mass is 511 g/mol. The zero-order valence-electron chi connectivity index (χ0n) is 18.6. The Kier molecular flexibility index (Phi) is 11.0. The summed E-state index contributed by atoms with van der Waals surface area (Å²) in [5, 5.41) is 14.6. The summed E-state index contributed by atoms with van der Waals surface area (Å²) in [4.78, 5) is 37.6. The van der Waals surface area contributed by atoms with Crippen LogP contribution in [0.25, 0.3) is 0 Å². The van der Waals surface area contributed by atoms with Crippen molar-refractivity contribution < 1.29 is 14.5 Å². The fourth-order valence-corrected chi connectivity index (χ4v) is 4.34. The van der Waals surface area contributed by atoms with E-state index in [1.165, 1.54) is 28.8 Å². The van der Waals surface area contributed by atoms with Gasteiger partial charge in [0.15, 0.2) is 0 Å². The second-order valence-electron chi connectivity index (χ2n) is 7.49. The minimum Gasteiger partial charge on any atom is -0.354 e. The zero-order chi connectivity index (χ0) is 24.4. The summed E-state index contributed by atoms with van der Waals surface area (Å²) in [7, 11) is 0. The van der Waals surface area contributed by atoms with E-state index in [4.69, 9.17) is 23.2 Å². The van der Waals surface area contributed by atoms with Crippen molar-refractivity contribution >= 4 is 52.5 Å². The van der Waals surface area contributed by atoms with Gasteiger partial charge in [0.25, 0.3) is 5.69 Å². The number of halogens is 2. The minimum absolute atomic E-state index is 0.0220. The largest absolute Gasteiger partial charge is 0.354 e. The Morgan fingerprint density at radius 3 is 2.48 bits per heavy atom. The van der Waals surface area contributed by atoms with Crippen LogP contribution in [-0.2, 0) is 21.9 Å². The molecule has 0 aromatic heterocycles. The van der Waals surface area contributed by atoms with Crippen molar-refractivity contribution in [3.05, 3.63) is 73.8 Å². The first-order chi connectivity index (χ1) is 15.7. The molecule has 178 valence electrons. The molecule has 2 aromatic rings. The Morgan fingerprint density at radius 1 is 1.18 bits per heavy atom. The predicted octanol–water partition coefficient (Wildman–Crippen LogP) is 5.47. The average molecular weight is 512 g/mol. The molecule has 2 rings (SSSR count). The number of hydrogen-bond acceptors (Lipinski definition) is 5. The number of thioether (sulfide) groups is 1. The minimum atomic E-state index is -0.680. The summed E-state index contributed by atoms with van der Waals surface area (Å²) in [6.45, 7) is 4.47. The van der Waals surface area contributed by atoms with E-state index in [0.29, 0.717) is 27.9 Å². The summed E-state index contributed by atoms with van der Waals surface area (Å²) in [6, 6.07) is 10.6. The average Bonchev–Trinajstić information content (AvgIpc) is 2.78. The number of hydrogen-bond donors (Lipinski definition) is 1. The standard InChI is InChI=1S/C23H27Cl2N3O4S/c1-3-4-11-26-23(30)16(2)27(13-18-7-8-19(24)12-21(18)25)22(29)15-33-14-17-5-9-20(10-6-17)28(31)32/h5-10,12,16H,3-4,11,13-15H2,1-2H3,(H,26,30)/t16-/m0/s1. The highest BCUT2D eigenvalue weighted by Crippen LogP contribution is 2.24. The molecule has 10 heteroatoms. The van der Waals surface area contributed by atoms with Crippen molar-refractivity contribution in [2.75, 3.05) is 12.3 Å². The highest BCUT2D eigenvalue weighted by atomic mass is 35.5. The molecule has 2 aromatic carbocycles. The van der Waals surface area contributed by atoms with Crippen LogP contribution in [-0.4, -0.2) is 40.0 Å². The Bertz CT molecular complexity index is 973. The van der Waals surface area contributed by atoms with Crippen molar-refractivity contribution in [3.8, 4) is 0 Å². The lowest BCUT2D eigenvalue weighted by molar-refractivity contribution is -0.384. The van der Waals surface area contributed by atoms with E-state index in [2.05, 4.69) is 5.32 Å². The van der Waals surface area contributed by atoms with E-state index in [9.17, 15) is 19.7 Å². The molecular weight excluding hydrogens is 485 g/mol. The van der Waals surface area contributed by atoms with Crippen LogP contribution in [0.15, 0.2) is 42.5 Å². The number of benzene rings is 2. The van der Waals surface area contributed by atoms with Crippen molar-refractivity contribution in [1.82, 2.24) is 10.2 Å². The number of nitro groups is 1. The number of carbonyl (C=O) groups is 2. The van der Waals surface area contributed by atoms with Crippen LogP contribution in [0, 0.1) is 10.1 Å². The molecule has 0 radical (unpaired) electrons. The number of amides is 2. The maximum atomic E-state index is 13.1. The van der Waals surface area contributed by atoms with Crippen LogP contribution in [0.3, 0.4) is 0 Å².